The van der Waals surface area contributed by atoms with Crippen LogP contribution in [0.5, 0.6) is 0 Å². The Morgan fingerprint density at radius 1 is 1.00 bits per heavy atom. The molecule has 0 fully saturated rings. The highest BCUT2D eigenvalue weighted by molar-refractivity contribution is 5.61. The summed E-state index contributed by atoms with van der Waals surface area (Å²) in [4.78, 5) is 0. The van der Waals surface area contributed by atoms with Gasteiger partial charge in [-0.25, -0.2) is 0 Å². The number of nitrogens with two attached hydrogens (primary N) is 1. The molecule has 3 rings (SSSR count). The van der Waals surface area contributed by atoms with Crippen molar-refractivity contribution >= 4 is 5.82 Å². The normalized spacial score (nSPS) is 13.8. The van der Waals surface area contributed by atoms with Crippen LogP contribution in [0.2, 0.25) is 0 Å². The first kappa shape index (κ1) is 14.0. The van der Waals surface area contributed by atoms with Gasteiger partial charge in [0.15, 0.2) is 0 Å². The highest BCUT2D eigenvalue weighted by Gasteiger charge is 2.10. The fourth-order valence-corrected chi connectivity index (χ4v) is 2.79. The van der Waals surface area contributed by atoms with Crippen molar-refractivity contribution in [2.45, 2.75) is 32.1 Å². The van der Waals surface area contributed by atoms with Crippen LogP contribution in [0.15, 0.2) is 30.3 Å². The van der Waals surface area contributed by atoms with Crippen LogP contribution in [0.25, 0.3) is 11.3 Å². The molecule has 1 aliphatic carbocycles. The maximum atomic E-state index is 5.47. The van der Waals surface area contributed by atoms with Gasteiger partial charge >= 0.3 is 0 Å². The van der Waals surface area contributed by atoms with Gasteiger partial charge in [-0.05, 0) is 68.0 Å². The van der Waals surface area contributed by atoms with Gasteiger partial charge in [0.2, 0.25) is 0 Å². The highest BCUT2D eigenvalue weighted by Crippen LogP contribution is 2.26. The molecule has 110 valence electrons. The van der Waals surface area contributed by atoms with E-state index < -0.39 is 0 Å². The van der Waals surface area contributed by atoms with Gasteiger partial charge in [-0.15, -0.1) is 10.2 Å². The molecule has 0 bridgehead atoms. The van der Waals surface area contributed by atoms with E-state index in [1.165, 1.54) is 36.8 Å². The monoisotopic (exact) mass is 282 g/mol. The van der Waals surface area contributed by atoms with E-state index in [0.717, 1.165) is 30.0 Å². The average Bonchev–Trinajstić information content (AvgIpc) is 2.55. The van der Waals surface area contributed by atoms with E-state index >= 15 is 0 Å². The van der Waals surface area contributed by atoms with E-state index in [-0.39, 0.29) is 0 Å². The number of rotatable bonds is 5. The highest BCUT2D eigenvalue weighted by atomic mass is 15.2. The molecule has 0 saturated carbocycles. The molecule has 0 aliphatic heterocycles. The predicted molar refractivity (Wildman–Crippen MR) is 86.3 cm³/mol. The van der Waals surface area contributed by atoms with E-state index in [4.69, 9.17) is 5.73 Å². The Bertz CT molecular complexity index is 592. The number of hydrogen-bond donors (Lipinski definition) is 2. The molecule has 1 aromatic heterocycles. The number of anilines is 1. The van der Waals surface area contributed by atoms with Gasteiger partial charge in [-0.2, -0.15) is 0 Å². The molecule has 2 aromatic rings. The van der Waals surface area contributed by atoms with E-state index in [0.29, 0.717) is 6.54 Å². The Hall–Kier alpha value is -1.94. The molecule has 0 unspecified atom stereocenters. The van der Waals surface area contributed by atoms with E-state index in [2.05, 4.69) is 33.7 Å². The molecule has 0 radical (unpaired) electrons. The number of benzene rings is 1. The largest absolute Gasteiger partial charge is 0.369 e. The molecule has 1 heterocycles. The Kier molecular flexibility index (Phi) is 4.46. The summed E-state index contributed by atoms with van der Waals surface area (Å²) in [5.74, 6) is 0.810. The number of nitrogens with zero attached hydrogens (tertiary/aromatic N) is 2. The minimum atomic E-state index is 0.688. The van der Waals surface area contributed by atoms with Crippen molar-refractivity contribution in [3.8, 4) is 11.3 Å². The zero-order valence-corrected chi connectivity index (χ0v) is 12.3. The van der Waals surface area contributed by atoms with Crippen molar-refractivity contribution < 1.29 is 0 Å². The van der Waals surface area contributed by atoms with Gasteiger partial charge in [0.25, 0.3) is 0 Å². The van der Waals surface area contributed by atoms with Gasteiger partial charge in [0, 0.05) is 12.1 Å². The Morgan fingerprint density at radius 3 is 2.62 bits per heavy atom. The zero-order chi connectivity index (χ0) is 14.5. The molecule has 3 N–H and O–H groups in total. The van der Waals surface area contributed by atoms with Crippen LogP contribution in [-0.2, 0) is 12.8 Å². The first-order valence-corrected chi connectivity index (χ1v) is 7.76. The fraction of sp³-hybridized carbons (Fsp3) is 0.412. The summed E-state index contributed by atoms with van der Waals surface area (Å²) in [5, 5.41) is 11.8. The fourth-order valence-electron chi connectivity index (χ4n) is 2.79. The van der Waals surface area contributed by atoms with Crippen molar-refractivity contribution in [1.82, 2.24) is 10.2 Å². The van der Waals surface area contributed by atoms with Crippen molar-refractivity contribution in [3.05, 3.63) is 41.5 Å². The molecule has 21 heavy (non-hydrogen) atoms. The Labute approximate surface area is 125 Å². The van der Waals surface area contributed by atoms with Gasteiger partial charge in [0.1, 0.15) is 5.82 Å². The molecular weight excluding hydrogens is 260 g/mol. The van der Waals surface area contributed by atoms with E-state index in [1.807, 2.05) is 12.1 Å². The molecule has 1 aromatic carbocycles. The second-order valence-corrected chi connectivity index (χ2v) is 5.56. The predicted octanol–water partition coefficient (Wildman–Crippen LogP) is 2.78. The summed E-state index contributed by atoms with van der Waals surface area (Å²) in [7, 11) is 0. The van der Waals surface area contributed by atoms with Crippen molar-refractivity contribution in [2.24, 2.45) is 5.73 Å². The molecule has 0 atom stereocenters. The van der Waals surface area contributed by atoms with E-state index in [1.54, 1.807) is 0 Å². The van der Waals surface area contributed by atoms with Crippen LogP contribution in [-0.4, -0.2) is 23.3 Å². The van der Waals surface area contributed by atoms with Crippen LogP contribution in [0, 0.1) is 0 Å². The maximum absolute atomic E-state index is 5.47. The molecule has 0 amide bonds. The number of fused-ring (bicyclic) bond motifs is 1. The van der Waals surface area contributed by atoms with Crippen LogP contribution < -0.4 is 11.1 Å². The van der Waals surface area contributed by atoms with Gasteiger partial charge in [-0.1, -0.05) is 12.1 Å². The summed E-state index contributed by atoms with van der Waals surface area (Å²) >= 11 is 0. The molecule has 0 saturated heterocycles. The lowest BCUT2D eigenvalue weighted by molar-refractivity contribution is 0.686. The second-order valence-electron chi connectivity index (χ2n) is 5.56. The van der Waals surface area contributed by atoms with Gasteiger partial charge in [0.05, 0.1) is 5.69 Å². The van der Waals surface area contributed by atoms with Crippen LogP contribution in [0.4, 0.5) is 5.82 Å². The standard InChI is InChI=1S/C17H22N4/c18-10-3-11-19-17-9-8-16(20-21-17)15-7-6-13-4-1-2-5-14(13)12-15/h6-9,12H,1-5,10-11,18H2,(H,19,21). The van der Waals surface area contributed by atoms with Crippen LogP contribution in [0.1, 0.15) is 30.4 Å². The van der Waals surface area contributed by atoms with Gasteiger partial charge < -0.3 is 11.1 Å². The summed E-state index contributed by atoms with van der Waals surface area (Å²) in [5.41, 5.74) is 10.5. The summed E-state index contributed by atoms with van der Waals surface area (Å²) < 4.78 is 0. The zero-order valence-electron chi connectivity index (χ0n) is 12.3. The average molecular weight is 282 g/mol. The molecule has 4 nitrogen and oxygen atoms in total. The number of nitrogens with one attached hydrogen (secondary N) is 1. The first-order valence-electron chi connectivity index (χ1n) is 7.76. The van der Waals surface area contributed by atoms with Crippen LogP contribution in [0.3, 0.4) is 0 Å². The summed E-state index contributed by atoms with van der Waals surface area (Å²) in [6.07, 6.45) is 5.95. The number of hydrogen-bond acceptors (Lipinski definition) is 4. The first-order chi connectivity index (χ1) is 10.4. The maximum Gasteiger partial charge on any atom is 0.148 e. The quantitative estimate of drug-likeness (QED) is 0.828. The van der Waals surface area contributed by atoms with Crippen molar-refractivity contribution in [1.29, 1.82) is 0 Å². The Morgan fingerprint density at radius 2 is 1.86 bits per heavy atom. The second kappa shape index (κ2) is 6.68. The molecule has 4 heteroatoms. The van der Waals surface area contributed by atoms with E-state index in [9.17, 15) is 0 Å². The SMILES string of the molecule is NCCCNc1ccc(-c2ccc3c(c2)CCCC3)nn1. The molecule has 0 spiro atoms. The topological polar surface area (TPSA) is 63.8 Å². The third-order valence-corrected chi connectivity index (χ3v) is 4.00. The van der Waals surface area contributed by atoms with Crippen LogP contribution >= 0.6 is 0 Å². The third-order valence-electron chi connectivity index (χ3n) is 4.00. The lowest BCUT2D eigenvalue weighted by atomic mass is 9.90. The minimum Gasteiger partial charge on any atom is -0.369 e. The lowest BCUT2D eigenvalue weighted by Gasteiger charge is -2.16. The minimum absolute atomic E-state index is 0.688. The molecule has 1 aliphatic rings. The third kappa shape index (κ3) is 3.39. The lowest BCUT2D eigenvalue weighted by Crippen LogP contribution is -2.09. The smallest absolute Gasteiger partial charge is 0.148 e. The molecular formula is C17H22N4. The number of aromatic nitrogens is 2. The van der Waals surface area contributed by atoms with Crippen molar-refractivity contribution in [3.63, 3.8) is 0 Å². The van der Waals surface area contributed by atoms with Gasteiger partial charge in [-0.3, -0.25) is 0 Å². The number of aryl methyl sites for hydroxylation is 2. The van der Waals surface area contributed by atoms with Crippen molar-refractivity contribution in [2.75, 3.05) is 18.4 Å². The summed E-state index contributed by atoms with van der Waals surface area (Å²) in [6.45, 7) is 1.52. The summed E-state index contributed by atoms with van der Waals surface area (Å²) in [6, 6.07) is 10.7. The Balaban J connectivity index is 1.74.